The Kier molecular flexibility index (Phi) is 5.01. The molecule has 2 heterocycles. The maximum Gasteiger partial charge on any atom is 0.410 e. The lowest BCUT2D eigenvalue weighted by atomic mass is 9.98. The summed E-state index contributed by atoms with van der Waals surface area (Å²) in [6.45, 7) is 10.6. The smallest absolute Gasteiger partial charge is 0.222 e. The van der Waals surface area contributed by atoms with Gasteiger partial charge in [0.2, 0.25) is 0 Å². The first kappa shape index (κ1) is 17.2. The highest BCUT2D eigenvalue weighted by molar-refractivity contribution is 7.16. The molecule has 0 aromatic carbocycles. The van der Waals surface area contributed by atoms with E-state index in [0.29, 0.717) is 0 Å². The van der Waals surface area contributed by atoms with Gasteiger partial charge in [-0.25, -0.2) is 18.6 Å². The molecule has 0 unspecified atom stereocenters. The highest BCUT2D eigenvalue weighted by Crippen LogP contribution is 2.24. The third kappa shape index (κ3) is 5.23. The summed E-state index contributed by atoms with van der Waals surface area (Å²) in [6.07, 6.45) is 0. The minimum Gasteiger partial charge on any atom is -0.222 e. The van der Waals surface area contributed by atoms with E-state index in [1.807, 2.05) is 11.4 Å². The van der Waals surface area contributed by atoms with Crippen LogP contribution in [0.3, 0.4) is 0 Å². The van der Waals surface area contributed by atoms with Crippen molar-refractivity contribution in [2.75, 3.05) is 0 Å². The molecule has 0 radical (unpaired) electrons. The fraction of sp³-hybridized carbons (Fsp3) is 0.545. The lowest BCUT2D eigenvalue weighted by Gasteiger charge is -2.17. The molecule has 20 heavy (non-hydrogen) atoms. The lowest BCUT2D eigenvalue weighted by molar-refractivity contribution is -2.00. The molecule has 0 aliphatic rings. The van der Waals surface area contributed by atoms with E-state index in [0.717, 1.165) is 21.4 Å². The summed E-state index contributed by atoms with van der Waals surface area (Å²) < 4.78 is 35.9. The molecule has 0 bridgehead atoms. The predicted octanol–water partition coefficient (Wildman–Crippen LogP) is -2.56. The van der Waals surface area contributed by atoms with Gasteiger partial charge in [0.25, 0.3) is 0 Å². The second-order valence-corrected chi connectivity index (χ2v) is 6.98. The van der Waals surface area contributed by atoms with Gasteiger partial charge < -0.3 is 0 Å². The molecule has 2 aromatic heterocycles. The van der Waals surface area contributed by atoms with Gasteiger partial charge in [0.15, 0.2) is 5.69 Å². The fourth-order valence-corrected chi connectivity index (χ4v) is 2.50. The summed E-state index contributed by atoms with van der Waals surface area (Å²) in [5.74, 6) is 0. The van der Waals surface area contributed by atoms with E-state index in [1.54, 1.807) is 11.3 Å². The first-order chi connectivity index (χ1) is 8.88. The Balaban J connectivity index is 0.000000347. The SMILES string of the molecule is Cc1cc(C)[n+]2nc(C(C)(C)C)sc2n1.[O-][Cl+3]([O-])([O-])[O-]. The minimum atomic E-state index is -4.94. The molecule has 9 heteroatoms. The average molecular weight is 322 g/mol. The third-order valence-corrected chi connectivity index (χ3v) is 3.56. The van der Waals surface area contributed by atoms with Crippen LogP contribution in [0.2, 0.25) is 0 Å². The highest BCUT2D eigenvalue weighted by atomic mass is 35.7. The van der Waals surface area contributed by atoms with Crippen molar-refractivity contribution in [2.24, 2.45) is 0 Å². The largest absolute Gasteiger partial charge is 0.410 e. The highest BCUT2D eigenvalue weighted by Gasteiger charge is 2.24. The van der Waals surface area contributed by atoms with Crippen LogP contribution in [0, 0.1) is 24.1 Å². The second-order valence-electron chi connectivity index (χ2n) is 5.27. The number of aryl methyl sites for hydroxylation is 2. The van der Waals surface area contributed by atoms with Crippen molar-refractivity contribution in [1.82, 2.24) is 10.1 Å². The van der Waals surface area contributed by atoms with Gasteiger partial charge >= 0.3 is 4.96 Å². The summed E-state index contributed by atoms with van der Waals surface area (Å²) in [7, 11) is -4.94. The van der Waals surface area contributed by atoms with Crippen LogP contribution in [-0.2, 0) is 5.41 Å². The molecular formula is C11H16ClN3O4S. The molecular weight excluding hydrogens is 306 g/mol. The Morgan fingerprint density at radius 3 is 2.10 bits per heavy atom. The lowest BCUT2D eigenvalue weighted by Crippen LogP contribution is -2.68. The number of nitrogens with zero attached hydrogens (tertiary/aromatic N) is 3. The predicted molar refractivity (Wildman–Crippen MR) is 61.2 cm³/mol. The molecule has 0 saturated carbocycles. The Morgan fingerprint density at radius 2 is 1.65 bits per heavy atom. The summed E-state index contributed by atoms with van der Waals surface area (Å²) >= 11 is 1.67. The molecule has 0 spiro atoms. The van der Waals surface area contributed by atoms with Crippen LogP contribution in [0.4, 0.5) is 0 Å². The van der Waals surface area contributed by atoms with Gasteiger partial charge in [-0.1, -0.05) is 30.4 Å². The Morgan fingerprint density at radius 1 is 1.15 bits per heavy atom. The number of halogens is 1. The summed E-state index contributed by atoms with van der Waals surface area (Å²) in [5.41, 5.74) is 2.29. The summed E-state index contributed by atoms with van der Waals surface area (Å²) in [4.78, 5) is 5.47. The van der Waals surface area contributed by atoms with E-state index in [9.17, 15) is 0 Å². The normalized spacial score (nSPS) is 12.2. The van der Waals surface area contributed by atoms with Crippen molar-refractivity contribution in [3.05, 3.63) is 22.5 Å². The summed E-state index contributed by atoms with van der Waals surface area (Å²) in [6, 6.07) is 2.05. The standard InChI is InChI=1S/C11H16N3S.ClHO4/c1-7-6-8(2)14-10(12-7)15-9(13-14)11(3,4)5;2-1(3,4)5/h6H,1-5H3;(H,2,3,4,5)/q+1;/p-1. The maximum atomic E-state index is 8.49. The molecule has 7 nitrogen and oxygen atoms in total. The number of hydrogen-bond acceptors (Lipinski definition) is 7. The van der Waals surface area contributed by atoms with Crippen LogP contribution in [0.25, 0.3) is 4.96 Å². The molecule has 0 aliphatic heterocycles. The van der Waals surface area contributed by atoms with Gasteiger partial charge in [0.1, 0.15) is 10.7 Å². The van der Waals surface area contributed by atoms with Gasteiger partial charge in [0.05, 0.1) is 0 Å². The number of fused-ring (bicyclic) bond motifs is 1. The van der Waals surface area contributed by atoms with Crippen LogP contribution in [0.1, 0.15) is 37.2 Å². The number of hydrogen-bond donors (Lipinski definition) is 0. The van der Waals surface area contributed by atoms with Crippen LogP contribution in [0.15, 0.2) is 6.07 Å². The molecule has 0 atom stereocenters. The topological polar surface area (TPSA) is 122 Å². The molecule has 0 fully saturated rings. The fourth-order valence-electron chi connectivity index (χ4n) is 1.43. The van der Waals surface area contributed by atoms with Gasteiger partial charge in [0, 0.05) is 25.3 Å². The van der Waals surface area contributed by atoms with Crippen LogP contribution < -0.4 is 23.2 Å². The molecule has 0 saturated heterocycles. The molecule has 0 aliphatic carbocycles. The average Bonchev–Trinajstić information content (AvgIpc) is 2.57. The first-order valence-corrected chi connectivity index (χ1v) is 7.72. The zero-order valence-electron chi connectivity index (χ0n) is 11.8. The molecule has 112 valence electrons. The van der Waals surface area contributed by atoms with Crippen molar-refractivity contribution in [3.63, 3.8) is 0 Å². The van der Waals surface area contributed by atoms with E-state index in [2.05, 4.69) is 43.8 Å². The first-order valence-electron chi connectivity index (χ1n) is 5.67. The quantitative estimate of drug-likeness (QED) is 0.492. The zero-order chi connectivity index (χ0) is 15.7. The van der Waals surface area contributed by atoms with Gasteiger partial charge in [-0.3, -0.25) is 0 Å². The van der Waals surface area contributed by atoms with Gasteiger partial charge in [-0.2, -0.15) is 0 Å². The van der Waals surface area contributed by atoms with Crippen LogP contribution in [-0.4, -0.2) is 10.1 Å². The molecule has 0 N–H and O–H groups in total. The Hall–Kier alpha value is -0.900. The van der Waals surface area contributed by atoms with E-state index in [-0.39, 0.29) is 5.41 Å². The van der Waals surface area contributed by atoms with E-state index >= 15 is 0 Å². The zero-order valence-corrected chi connectivity index (χ0v) is 13.4. The molecule has 2 rings (SSSR count). The number of rotatable bonds is 0. The second kappa shape index (κ2) is 5.84. The van der Waals surface area contributed by atoms with Crippen LogP contribution in [0.5, 0.6) is 0 Å². The van der Waals surface area contributed by atoms with Crippen molar-refractivity contribution in [1.29, 1.82) is 0 Å². The summed E-state index contributed by atoms with van der Waals surface area (Å²) in [5, 5.41) is 5.73. The number of aromatic nitrogens is 3. The van der Waals surface area contributed by atoms with E-state index in [1.165, 1.54) is 0 Å². The van der Waals surface area contributed by atoms with Gasteiger partial charge in [-0.05, 0) is 16.3 Å². The third-order valence-electron chi connectivity index (χ3n) is 2.23. The van der Waals surface area contributed by atoms with Crippen molar-refractivity contribution >= 4 is 16.3 Å². The molecule has 0 amide bonds. The monoisotopic (exact) mass is 321 g/mol. The van der Waals surface area contributed by atoms with Gasteiger partial charge in [-0.15, -0.1) is 10.2 Å². The van der Waals surface area contributed by atoms with Crippen molar-refractivity contribution in [2.45, 2.75) is 40.0 Å². The Labute approximate surface area is 122 Å². The van der Waals surface area contributed by atoms with Crippen molar-refractivity contribution in [3.8, 4) is 0 Å². The van der Waals surface area contributed by atoms with E-state index < -0.39 is 10.2 Å². The Bertz CT molecular complexity index is 598. The minimum absolute atomic E-state index is 0.0959. The van der Waals surface area contributed by atoms with E-state index in [4.69, 9.17) is 18.6 Å². The molecule has 2 aromatic rings. The maximum absolute atomic E-state index is 8.49. The van der Waals surface area contributed by atoms with Crippen LogP contribution >= 0.6 is 11.3 Å². The van der Waals surface area contributed by atoms with Crippen molar-refractivity contribution < 1.29 is 33.4 Å².